The van der Waals surface area contributed by atoms with Crippen LogP contribution in [0.25, 0.3) is 0 Å². The van der Waals surface area contributed by atoms with Crippen molar-refractivity contribution in [3.8, 4) is 5.75 Å². The van der Waals surface area contributed by atoms with Gasteiger partial charge in [-0.1, -0.05) is 19.0 Å². The standard InChI is InChI=1S/C16H20N2O6S/c1-10(2)6-12-8-13(24-18-12)9-17-25(21,22)15-7-11(16(19)20)4-5-14(15)23-3/h4-5,7-8,10,17H,6,9H2,1-3H3,(H,19,20). The van der Waals surface area contributed by atoms with Crippen LogP contribution in [0, 0.1) is 5.92 Å². The lowest BCUT2D eigenvalue weighted by Gasteiger charge is -2.10. The van der Waals surface area contributed by atoms with Crippen LogP contribution in [0.5, 0.6) is 5.75 Å². The van der Waals surface area contributed by atoms with Gasteiger partial charge < -0.3 is 14.4 Å². The highest BCUT2D eigenvalue weighted by Crippen LogP contribution is 2.25. The minimum atomic E-state index is -4.00. The van der Waals surface area contributed by atoms with Gasteiger partial charge in [0.2, 0.25) is 10.0 Å². The summed E-state index contributed by atoms with van der Waals surface area (Å²) >= 11 is 0. The molecule has 0 unspecified atom stereocenters. The molecule has 2 rings (SSSR count). The third-order valence-corrected chi connectivity index (χ3v) is 4.78. The molecule has 0 saturated carbocycles. The molecule has 136 valence electrons. The van der Waals surface area contributed by atoms with Crippen molar-refractivity contribution in [1.29, 1.82) is 0 Å². The highest BCUT2D eigenvalue weighted by Gasteiger charge is 2.22. The zero-order valence-electron chi connectivity index (χ0n) is 14.1. The van der Waals surface area contributed by atoms with Gasteiger partial charge in [-0.05, 0) is 30.5 Å². The molecule has 1 aromatic carbocycles. The fourth-order valence-electron chi connectivity index (χ4n) is 2.22. The Bertz CT molecular complexity index is 857. The van der Waals surface area contributed by atoms with E-state index in [0.717, 1.165) is 18.2 Å². The minimum Gasteiger partial charge on any atom is -0.495 e. The molecule has 2 aromatic rings. The molecule has 0 radical (unpaired) electrons. The van der Waals surface area contributed by atoms with Gasteiger partial charge in [0.05, 0.1) is 24.9 Å². The van der Waals surface area contributed by atoms with E-state index in [-0.39, 0.29) is 22.8 Å². The number of methoxy groups -OCH3 is 1. The van der Waals surface area contributed by atoms with Gasteiger partial charge in [0.15, 0.2) is 5.76 Å². The van der Waals surface area contributed by atoms with Crippen LogP contribution in [0.4, 0.5) is 0 Å². The van der Waals surface area contributed by atoms with Crippen molar-refractivity contribution in [2.45, 2.75) is 31.7 Å². The first-order chi connectivity index (χ1) is 11.7. The number of nitrogens with zero attached hydrogens (tertiary/aromatic N) is 1. The van der Waals surface area contributed by atoms with Gasteiger partial charge in [-0.25, -0.2) is 17.9 Å². The summed E-state index contributed by atoms with van der Waals surface area (Å²) in [6.07, 6.45) is 0.727. The highest BCUT2D eigenvalue weighted by molar-refractivity contribution is 7.89. The van der Waals surface area contributed by atoms with Crippen molar-refractivity contribution in [3.05, 3.63) is 41.3 Å². The molecular formula is C16H20N2O6S. The predicted octanol–water partition coefficient (Wildman–Crippen LogP) is 2.06. The van der Waals surface area contributed by atoms with Gasteiger partial charge in [-0.3, -0.25) is 0 Å². The summed E-state index contributed by atoms with van der Waals surface area (Å²) in [6.45, 7) is 3.98. The topological polar surface area (TPSA) is 119 Å². The Hall–Kier alpha value is -2.39. The molecule has 0 aliphatic carbocycles. The maximum atomic E-state index is 12.5. The SMILES string of the molecule is COc1ccc(C(=O)O)cc1S(=O)(=O)NCc1cc(CC(C)C)no1. The zero-order chi connectivity index (χ0) is 18.6. The molecule has 0 fully saturated rings. The average Bonchev–Trinajstić information content (AvgIpc) is 2.99. The van der Waals surface area contributed by atoms with E-state index in [2.05, 4.69) is 9.88 Å². The zero-order valence-corrected chi connectivity index (χ0v) is 15.0. The lowest BCUT2D eigenvalue weighted by Crippen LogP contribution is -2.24. The summed E-state index contributed by atoms with van der Waals surface area (Å²) in [5, 5.41) is 12.9. The van der Waals surface area contributed by atoms with Crippen LogP contribution >= 0.6 is 0 Å². The summed E-state index contributed by atoms with van der Waals surface area (Å²) in [6, 6.07) is 5.31. The fraction of sp³-hybridized carbons (Fsp3) is 0.375. The van der Waals surface area contributed by atoms with Crippen molar-refractivity contribution < 1.29 is 27.6 Å². The van der Waals surface area contributed by atoms with Crippen LogP contribution in [-0.2, 0) is 23.0 Å². The quantitative estimate of drug-likeness (QED) is 0.732. The van der Waals surface area contributed by atoms with Crippen LogP contribution in [0.3, 0.4) is 0 Å². The summed E-state index contributed by atoms with van der Waals surface area (Å²) in [7, 11) is -2.69. The second-order valence-electron chi connectivity index (χ2n) is 5.88. The third kappa shape index (κ3) is 4.80. The third-order valence-electron chi connectivity index (χ3n) is 3.36. The number of sulfonamides is 1. The Balaban J connectivity index is 2.20. The van der Waals surface area contributed by atoms with Crippen LogP contribution in [0.1, 0.15) is 35.7 Å². The van der Waals surface area contributed by atoms with E-state index in [1.165, 1.54) is 19.2 Å². The summed E-state index contributed by atoms with van der Waals surface area (Å²) in [5.74, 6) is -0.409. The lowest BCUT2D eigenvalue weighted by atomic mass is 10.1. The summed E-state index contributed by atoms with van der Waals surface area (Å²) in [5.41, 5.74) is 0.592. The molecule has 0 atom stereocenters. The number of rotatable bonds is 8. The number of aromatic nitrogens is 1. The van der Waals surface area contributed by atoms with Gasteiger partial charge in [0.25, 0.3) is 0 Å². The molecule has 9 heteroatoms. The van der Waals surface area contributed by atoms with E-state index in [9.17, 15) is 13.2 Å². The lowest BCUT2D eigenvalue weighted by molar-refractivity contribution is 0.0696. The fourth-order valence-corrected chi connectivity index (χ4v) is 3.40. The molecule has 0 aliphatic rings. The number of hydrogen-bond acceptors (Lipinski definition) is 6. The average molecular weight is 368 g/mol. The molecule has 1 heterocycles. The first-order valence-corrected chi connectivity index (χ1v) is 9.06. The van der Waals surface area contributed by atoms with Crippen molar-refractivity contribution in [3.63, 3.8) is 0 Å². The number of hydrogen-bond donors (Lipinski definition) is 2. The molecule has 0 spiro atoms. The first kappa shape index (κ1) is 18.9. The number of nitrogens with one attached hydrogen (secondary N) is 1. The van der Waals surface area contributed by atoms with E-state index in [1.54, 1.807) is 6.07 Å². The number of carboxylic acids is 1. The second-order valence-corrected chi connectivity index (χ2v) is 7.61. The maximum absolute atomic E-state index is 12.5. The summed E-state index contributed by atoms with van der Waals surface area (Å²) in [4.78, 5) is 10.8. The minimum absolute atomic E-state index is 0.0515. The molecule has 0 amide bonds. The van der Waals surface area contributed by atoms with E-state index in [4.69, 9.17) is 14.4 Å². The molecule has 0 bridgehead atoms. The maximum Gasteiger partial charge on any atom is 0.335 e. The Morgan fingerprint density at radius 2 is 2.08 bits per heavy atom. The van der Waals surface area contributed by atoms with Crippen molar-refractivity contribution >= 4 is 16.0 Å². The van der Waals surface area contributed by atoms with Gasteiger partial charge in [-0.2, -0.15) is 0 Å². The van der Waals surface area contributed by atoms with Gasteiger partial charge in [-0.15, -0.1) is 0 Å². The molecule has 0 aliphatic heterocycles. The predicted molar refractivity (Wildman–Crippen MR) is 89.0 cm³/mol. The largest absolute Gasteiger partial charge is 0.495 e. The van der Waals surface area contributed by atoms with Crippen molar-refractivity contribution in [1.82, 2.24) is 9.88 Å². The van der Waals surface area contributed by atoms with Crippen molar-refractivity contribution in [2.24, 2.45) is 5.92 Å². The summed E-state index contributed by atoms with van der Waals surface area (Å²) < 4.78 is 37.5. The van der Waals surface area contributed by atoms with E-state index in [1.807, 2.05) is 13.8 Å². The molecular weight excluding hydrogens is 348 g/mol. The van der Waals surface area contributed by atoms with Gasteiger partial charge in [0.1, 0.15) is 10.6 Å². The molecule has 2 N–H and O–H groups in total. The molecule has 25 heavy (non-hydrogen) atoms. The smallest absolute Gasteiger partial charge is 0.335 e. The number of carbonyl (C=O) groups is 1. The van der Waals surface area contributed by atoms with Crippen LogP contribution in [0.2, 0.25) is 0 Å². The van der Waals surface area contributed by atoms with Gasteiger partial charge >= 0.3 is 5.97 Å². The second kappa shape index (κ2) is 7.66. The number of aromatic carboxylic acids is 1. The Morgan fingerprint density at radius 3 is 2.68 bits per heavy atom. The Kier molecular flexibility index (Phi) is 5.81. The molecule has 8 nitrogen and oxygen atoms in total. The molecule has 1 aromatic heterocycles. The number of ether oxygens (including phenoxy) is 1. The van der Waals surface area contributed by atoms with Crippen LogP contribution in [0.15, 0.2) is 33.7 Å². The van der Waals surface area contributed by atoms with Crippen LogP contribution < -0.4 is 9.46 Å². The number of carboxylic acid groups (broad SMARTS) is 1. The van der Waals surface area contributed by atoms with Crippen LogP contribution in [-0.4, -0.2) is 31.8 Å². The monoisotopic (exact) mass is 368 g/mol. The van der Waals surface area contributed by atoms with Gasteiger partial charge in [0, 0.05) is 6.07 Å². The Labute approximate surface area is 145 Å². The highest BCUT2D eigenvalue weighted by atomic mass is 32.2. The normalized spacial score (nSPS) is 11.7. The van der Waals surface area contributed by atoms with Crippen molar-refractivity contribution in [2.75, 3.05) is 7.11 Å². The molecule has 0 saturated heterocycles. The van der Waals surface area contributed by atoms with E-state index < -0.39 is 16.0 Å². The Morgan fingerprint density at radius 1 is 1.36 bits per heavy atom. The van der Waals surface area contributed by atoms with E-state index in [0.29, 0.717) is 11.7 Å². The first-order valence-electron chi connectivity index (χ1n) is 7.58. The number of benzene rings is 1. The van der Waals surface area contributed by atoms with E-state index >= 15 is 0 Å².